The van der Waals surface area contributed by atoms with Gasteiger partial charge in [-0.2, -0.15) is 0 Å². The highest BCUT2D eigenvalue weighted by atomic mass is 35.5. The molecule has 0 saturated carbocycles. The van der Waals surface area contributed by atoms with Crippen LogP contribution in [0.2, 0.25) is 10.0 Å². The molecule has 3 N–H and O–H groups in total. The molecule has 9 heteroatoms. The second-order valence-corrected chi connectivity index (χ2v) is 7.51. The lowest BCUT2D eigenvalue weighted by Crippen LogP contribution is -2.31. The molecule has 0 bridgehead atoms. The predicted molar refractivity (Wildman–Crippen MR) is 117 cm³/mol. The molecule has 0 saturated heterocycles. The van der Waals surface area contributed by atoms with Crippen LogP contribution in [0.3, 0.4) is 0 Å². The summed E-state index contributed by atoms with van der Waals surface area (Å²) in [5, 5.41) is 9.05. The molecular formula is C21H19Cl2N3O4. The molecule has 3 amide bonds. The SMILES string of the molecule is CC(=O)NCC(=O)Nc1cc(NC(=O)c2c(Cl)cccc2Cl)c2oc(C)c(C)c2c1. The van der Waals surface area contributed by atoms with Crippen molar-refractivity contribution in [3.63, 3.8) is 0 Å². The standard InChI is InChI=1S/C21H19Cl2N3O4/c1-10-11(2)30-20-14(10)7-13(25-18(28)9-24-12(3)27)8-17(20)26-21(29)19-15(22)5-4-6-16(19)23/h4-8H,9H2,1-3H3,(H,24,27)(H,25,28)(H,26,29). The Labute approximate surface area is 182 Å². The van der Waals surface area contributed by atoms with Crippen LogP contribution in [0.4, 0.5) is 11.4 Å². The number of hydrogen-bond donors (Lipinski definition) is 3. The van der Waals surface area contributed by atoms with Gasteiger partial charge in [0.2, 0.25) is 11.8 Å². The van der Waals surface area contributed by atoms with Crippen molar-refractivity contribution < 1.29 is 18.8 Å². The number of nitrogens with one attached hydrogen (secondary N) is 3. The molecule has 1 aromatic heterocycles. The van der Waals surface area contributed by atoms with E-state index in [2.05, 4.69) is 16.0 Å². The molecule has 30 heavy (non-hydrogen) atoms. The van der Waals surface area contributed by atoms with Crippen LogP contribution in [0.15, 0.2) is 34.7 Å². The monoisotopic (exact) mass is 447 g/mol. The molecule has 0 fully saturated rings. The fourth-order valence-corrected chi connectivity index (χ4v) is 3.48. The number of aryl methyl sites for hydroxylation is 2. The third kappa shape index (κ3) is 4.58. The summed E-state index contributed by atoms with van der Waals surface area (Å²) in [6, 6.07) is 8.09. The molecule has 0 radical (unpaired) electrons. The Morgan fingerprint density at radius 2 is 1.70 bits per heavy atom. The van der Waals surface area contributed by atoms with Crippen LogP contribution < -0.4 is 16.0 Å². The minimum absolute atomic E-state index is 0.133. The molecule has 3 aromatic rings. The maximum absolute atomic E-state index is 12.8. The topological polar surface area (TPSA) is 100 Å². The molecule has 0 spiro atoms. The lowest BCUT2D eigenvalue weighted by Gasteiger charge is -2.12. The average Bonchev–Trinajstić information content (AvgIpc) is 2.95. The summed E-state index contributed by atoms with van der Waals surface area (Å²) in [5.74, 6) is -0.557. The molecule has 0 unspecified atom stereocenters. The van der Waals surface area contributed by atoms with Crippen molar-refractivity contribution in [1.82, 2.24) is 5.32 Å². The Morgan fingerprint density at radius 1 is 1.03 bits per heavy atom. The van der Waals surface area contributed by atoms with Crippen molar-refractivity contribution in [3.05, 3.63) is 57.3 Å². The van der Waals surface area contributed by atoms with Crippen LogP contribution >= 0.6 is 23.2 Å². The predicted octanol–water partition coefficient (Wildman–Crippen LogP) is 4.68. The number of carbonyl (C=O) groups is 3. The van der Waals surface area contributed by atoms with E-state index in [0.29, 0.717) is 22.7 Å². The van der Waals surface area contributed by atoms with Gasteiger partial charge >= 0.3 is 0 Å². The van der Waals surface area contributed by atoms with E-state index in [0.717, 1.165) is 10.9 Å². The third-order valence-corrected chi connectivity index (χ3v) is 5.13. The zero-order valence-electron chi connectivity index (χ0n) is 16.5. The first-order valence-electron chi connectivity index (χ1n) is 9.00. The van der Waals surface area contributed by atoms with Gasteiger partial charge in [0.25, 0.3) is 5.91 Å². The van der Waals surface area contributed by atoms with Crippen LogP contribution in [0.5, 0.6) is 0 Å². The Balaban J connectivity index is 1.98. The fraction of sp³-hybridized carbons (Fsp3) is 0.190. The third-order valence-electron chi connectivity index (χ3n) is 4.50. The minimum Gasteiger partial charge on any atom is -0.459 e. The number of halogens is 2. The first-order chi connectivity index (χ1) is 14.2. The van der Waals surface area contributed by atoms with Gasteiger partial charge in [0.05, 0.1) is 27.8 Å². The van der Waals surface area contributed by atoms with Crippen molar-refractivity contribution in [2.75, 3.05) is 17.2 Å². The zero-order chi connectivity index (χ0) is 22.0. The van der Waals surface area contributed by atoms with Crippen molar-refractivity contribution in [2.24, 2.45) is 0 Å². The van der Waals surface area contributed by atoms with E-state index in [1.807, 2.05) is 6.92 Å². The van der Waals surface area contributed by atoms with Gasteiger partial charge in [-0.1, -0.05) is 29.3 Å². The van der Waals surface area contributed by atoms with Gasteiger partial charge in [-0.3, -0.25) is 14.4 Å². The molecule has 0 atom stereocenters. The largest absolute Gasteiger partial charge is 0.459 e. The van der Waals surface area contributed by atoms with Gasteiger partial charge in [0, 0.05) is 18.0 Å². The summed E-state index contributed by atoms with van der Waals surface area (Å²) in [5.41, 5.74) is 2.24. The lowest BCUT2D eigenvalue weighted by molar-refractivity contribution is -0.122. The van der Waals surface area contributed by atoms with Crippen LogP contribution in [-0.2, 0) is 9.59 Å². The molecule has 2 aromatic carbocycles. The minimum atomic E-state index is -0.514. The Hall–Kier alpha value is -3.03. The van der Waals surface area contributed by atoms with Crippen LogP contribution in [0.1, 0.15) is 28.6 Å². The Morgan fingerprint density at radius 3 is 2.33 bits per heavy atom. The number of amides is 3. The van der Waals surface area contributed by atoms with Crippen LogP contribution in [-0.4, -0.2) is 24.3 Å². The van der Waals surface area contributed by atoms with Crippen molar-refractivity contribution in [1.29, 1.82) is 0 Å². The average molecular weight is 448 g/mol. The molecule has 1 heterocycles. The highest BCUT2D eigenvalue weighted by molar-refractivity contribution is 6.40. The van der Waals surface area contributed by atoms with Gasteiger partial charge in [0.15, 0.2) is 5.58 Å². The summed E-state index contributed by atoms with van der Waals surface area (Å²) >= 11 is 12.3. The van der Waals surface area contributed by atoms with Gasteiger partial charge in [-0.25, -0.2) is 0 Å². The van der Waals surface area contributed by atoms with E-state index in [1.165, 1.54) is 6.92 Å². The summed E-state index contributed by atoms with van der Waals surface area (Å²) in [4.78, 5) is 36.0. The summed E-state index contributed by atoms with van der Waals surface area (Å²) < 4.78 is 5.82. The number of furan rings is 1. The molecule has 0 aliphatic carbocycles. The summed E-state index contributed by atoms with van der Waals surface area (Å²) in [6.45, 7) is 4.83. The van der Waals surface area contributed by atoms with Crippen molar-refractivity contribution >= 4 is 63.3 Å². The van der Waals surface area contributed by atoms with E-state index in [-0.39, 0.29) is 28.1 Å². The van der Waals surface area contributed by atoms with E-state index in [4.69, 9.17) is 27.6 Å². The molecule has 3 rings (SSSR count). The smallest absolute Gasteiger partial charge is 0.258 e. The van der Waals surface area contributed by atoms with Gasteiger partial charge in [-0.15, -0.1) is 0 Å². The molecule has 156 valence electrons. The molecular weight excluding hydrogens is 429 g/mol. The Kier molecular flexibility index (Phi) is 6.34. The second-order valence-electron chi connectivity index (χ2n) is 6.69. The lowest BCUT2D eigenvalue weighted by atomic mass is 10.1. The number of carbonyl (C=O) groups excluding carboxylic acids is 3. The normalized spacial score (nSPS) is 10.7. The highest BCUT2D eigenvalue weighted by Crippen LogP contribution is 2.35. The summed E-state index contributed by atoms with van der Waals surface area (Å²) in [6.07, 6.45) is 0. The maximum Gasteiger partial charge on any atom is 0.258 e. The van der Waals surface area contributed by atoms with Crippen LogP contribution in [0.25, 0.3) is 11.0 Å². The van der Waals surface area contributed by atoms with Gasteiger partial charge in [-0.05, 0) is 43.7 Å². The maximum atomic E-state index is 12.8. The van der Waals surface area contributed by atoms with Crippen molar-refractivity contribution in [2.45, 2.75) is 20.8 Å². The zero-order valence-corrected chi connectivity index (χ0v) is 18.0. The van der Waals surface area contributed by atoms with Crippen molar-refractivity contribution in [3.8, 4) is 0 Å². The fourth-order valence-electron chi connectivity index (χ4n) is 2.91. The molecule has 0 aliphatic rings. The van der Waals surface area contributed by atoms with E-state index in [9.17, 15) is 14.4 Å². The molecule has 0 aliphatic heterocycles. The first kappa shape index (κ1) is 21.7. The Bertz CT molecular complexity index is 1150. The van der Waals surface area contributed by atoms with Gasteiger partial charge in [0.1, 0.15) is 5.76 Å². The number of fused-ring (bicyclic) bond motifs is 1. The number of hydrogen-bond acceptors (Lipinski definition) is 4. The first-order valence-corrected chi connectivity index (χ1v) is 9.76. The van der Waals surface area contributed by atoms with E-state index in [1.54, 1.807) is 37.3 Å². The number of anilines is 2. The van der Waals surface area contributed by atoms with E-state index < -0.39 is 11.8 Å². The quantitative estimate of drug-likeness (QED) is 0.528. The number of rotatable bonds is 5. The highest BCUT2D eigenvalue weighted by Gasteiger charge is 2.19. The second kappa shape index (κ2) is 8.77. The van der Waals surface area contributed by atoms with E-state index >= 15 is 0 Å². The summed E-state index contributed by atoms with van der Waals surface area (Å²) in [7, 11) is 0. The van der Waals surface area contributed by atoms with Crippen LogP contribution in [0, 0.1) is 13.8 Å². The number of benzene rings is 2. The van der Waals surface area contributed by atoms with Gasteiger partial charge < -0.3 is 20.4 Å². The molecule has 7 nitrogen and oxygen atoms in total.